The van der Waals surface area contributed by atoms with Crippen molar-refractivity contribution in [3.63, 3.8) is 0 Å². The summed E-state index contributed by atoms with van der Waals surface area (Å²) < 4.78 is 0. The molecule has 0 amide bonds. The van der Waals surface area contributed by atoms with E-state index in [9.17, 15) is 20.4 Å². The van der Waals surface area contributed by atoms with Gasteiger partial charge in [-0.05, 0) is 16.5 Å². The molecule has 0 aliphatic carbocycles. The Morgan fingerprint density at radius 1 is 0.947 bits per heavy atom. The van der Waals surface area contributed by atoms with E-state index in [0.717, 1.165) is 5.56 Å². The van der Waals surface area contributed by atoms with Gasteiger partial charge >= 0.3 is 0 Å². The zero-order valence-corrected chi connectivity index (χ0v) is 11.8. The zero-order valence-electron chi connectivity index (χ0n) is 11.8. The van der Waals surface area contributed by atoms with Crippen LogP contribution in [0, 0.1) is 5.41 Å². The topological polar surface area (TPSA) is 80.9 Å². The molecule has 0 fully saturated rings. The van der Waals surface area contributed by atoms with Crippen LogP contribution in [0.15, 0.2) is 24.3 Å². The summed E-state index contributed by atoms with van der Waals surface area (Å²) in [5.41, 5.74) is 0.0553. The molecule has 0 saturated heterocycles. The molecule has 0 radical (unpaired) electrons. The van der Waals surface area contributed by atoms with Crippen molar-refractivity contribution in [2.45, 2.75) is 32.3 Å². The molecule has 4 heteroatoms. The lowest BCUT2D eigenvalue weighted by atomic mass is 9.75. The van der Waals surface area contributed by atoms with Crippen LogP contribution in [0.3, 0.4) is 0 Å². The van der Waals surface area contributed by atoms with Crippen molar-refractivity contribution in [3.8, 4) is 0 Å². The smallest absolute Gasteiger partial charge is 0.0915 e. The Balaban J connectivity index is 3.30. The van der Waals surface area contributed by atoms with E-state index in [1.165, 1.54) is 0 Å². The molecular weight excluding hydrogens is 244 g/mol. The Labute approximate surface area is 114 Å². The maximum Gasteiger partial charge on any atom is 0.0915 e. The van der Waals surface area contributed by atoms with Crippen LogP contribution in [0.2, 0.25) is 0 Å². The van der Waals surface area contributed by atoms with Crippen LogP contribution in [-0.4, -0.2) is 40.2 Å². The Morgan fingerprint density at radius 2 is 1.42 bits per heavy atom. The van der Waals surface area contributed by atoms with Crippen LogP contribution in [0.4, 0.5) is 0 Å². The molecule has 1 unspecified atom stereocenters. The Kier molecular flexibility index (Phi) is 5.10. The van der Waals surface area contributed by atoms with Crippen LogP contribution in [-0.2, 0) is 5.41 Å². The van der Waals surface area contributed by atoms with Crippen LogP contribution >= 0.6 is 0 Å². The van der Waals surface area contributed by atoms with Gasteiger partial charge in [0, 0.05) is 0 Å². The highest BCUT2D eigenvalue weighted by molar-refractivity contribution is 5.35. The Hall–Kier alpha value is -0.940. The molecule has 0 heterocycles. The van der Waals surface area contributed by atoms with Gasteiger partial charge in [0.1, 0.15) is 0 Å². The van der Waals surface area contributed by atoms with E-state index in [1.54, 1.807) is 12.1 Å². The molecule has 19 heavy (non-hydrogen) atoms. The first-order chi connectivity index (χ1) is 8.82. The number of aliphatic hydroxyl groups is 4. The first-order valence-electron chi connectivity index (χ1n) is 6.42. The second-order valence-corrected chi connectivity index (χ2v) is 6.08. The molecular formula is C15H24O4. The molecule has 1 rings (SSSR count). The average molecular weight is 268 g/mol. The number of hydrogen-bond donors (Lipinski definition) is 4. The van der Waals surface area contributed by atoms with E-state index in [4.69, 9.17) is 0 Å². The van der Waals surface area contributed by atoms with E-state index in [1.807, 2.05) is 32.9 Å². The van der Waals surface area contributed by atoms with Gasteiger partial charge in [-0.25, -0.2) is 0 Å². The van der Waals surface area contributed by atoms with Crippen molar-refractivity contribution in [2.24, 2.45) is 5.41 Å². The quantitative estimate of drug-likeness (QED) is 0.642. The van der Waals surface area contributed by atoms with Gasteiger partial charge < -0.3 is 20.4 Å². The molecule has 1 aromatic carbocycles. The lowest BCUT2D eigenvalue weighted by Crippen LogP contribution is -2.41. The van der Waals surface area contributed by atoms with Crippen LogP contribution < -0.4 is 0 Å². The lowest BCUT2D eigenvalue weighted by Gasteiger charge is -2.35. The molecule has 0 aromatic heterocycles. The predicted molar refractivity (Wildman–Crippen MR) is 73.8 cm³/mol. The van der Waals surface area contributed by atoms with Crippen LogP contribution in [0.25, 0.3) is 0 Å². The highest BCUT2D eigenvalue weighted by Crippen LogP contribution is 2.38. The van der Waals surface area contributed by atoms with Gasteiger partial charge in [-0.15, -0.1) is 0 Å². The summed E-state index contributed by atoms with van der Waals surface area (Å²) in [5.74, 6) is 0. The largest absolute Gasteiger partial charge is 0.395 e. The van der Waals surface area contributed by atoms with Gasteiger partial charge in [-0.3, -0.25) is 0 Å². The maximum absolute atomic E-state index is 10.5. The SMILES string of the molecule is CC(C)(C)c1ccccc1C(O)C(CO)(CO)CO. The third-order valence-electron chi connectivity index (χ3n) is 3.59. The van der Waals surface area contributed by atoms with Crippen LogP contribution in [0.1, 0.15) is 38.0 Å². The summed E-state index contributed by atoms with van der Waals surface area (Å²) >= 11 is 0. The molecule has 0 saturated carbocycles. The number of hydrogen-bond acceptors (Lipinski definition) is 4. The summed E-state index contributed by atoms with van der Waals surface area (Å²) in [6.07, 6.45) is -1.12. The van der Waals surface area contributed by atoms with Crippen molar-refractivity contribution in [3.05, 3.63) is 35.4 Å². The minimum atomic E-state index is -1.33. The van der Waals surface area contributed by atoms with Crippen molar-refractivity contribution in [1.82, 2.24) is 0 Å². The molecule has 0 spiro atoms. The fraction of sp³-hybridized carbons (Fsp3) is 0.600. The number of benzene rings is 1. The zero-order chi connectivity index (χ0) is 14.7. The lowest BCUT2D eigenvalue weighted by molar-refractivity contribution is -0.0857. The highest BCUT2D eigenvalue weighted by atomic mass is 16.3. The van der Waals surface area contributed by atoms with E-state index in [-0.39, 0.29) is 5.41 Å². The third kappa shape index (κ3) is 3.15. The molecule has 0 bridgehead atoms. The standard InChI is InChI=1S/C15H24O4/c1-14(2,3)12-7-5-4-6-11(12)13(19)15(8-16,9-17)10-18/h4-7,13,16-19H,8-10H2,1-3H3. The van der Waals surface area contributed by atoms with Crippen molar-refractivity contribution >= 4 is 0 Å². The van der Waals surface area contributed by atoms with E-state index < -0.39 is 31.3 Å². The third-order valence-corrected chi connectivity index (χ3v) is 3.59. The van der Waals surface area contributed by atoms with Gasteiger partial charge in [0.05, 0.1) is 31.3 Å². The van der Waals surface area contributed by atoms with E-state index >= 15 is 0 Å². The predicted octanol–water partition coefficient (Wildman–Crippen LogP) is 0.981. The fourth-order valence-corrected chi connectivity index (χ4v) is 2.16. The molecule has 4 N–H and O–H groups in total. The Bertz CT molecular complexity index is 397. The molecule has 0 aliphatic rings. The normalized spacial score (nSPS) is 14.5. The van der Waals surface area contributed by atoms with Gasteiger partial charge in [0.2, 0.25) is 0 Å². The maximum atomic E-state index is 10.5. The van der Waals surface area contributed by atoms with E-state index in [0.29, 0.717) is 5.56 Å². The van der Waals surface area contributed by atoms with Gasteiger partial charge in [-0.1, -0.05) is 45.0 Å². The summed E-state index contributed by atoms with van der Waals surface area (Å²) in [4.78, 5) is 0. The average Bonchev–Trinajstić information content (AvgIpc) is 2.40. The van der Waals surface area contributed by atoms with Crippen molar-refractivity contribution < 1.29 is 20.4 Å². The molecule has 1 atom stereocenters. The van der Waals surface area contributed by atoms with Gasteiger partial charge in [-0.2, -0.15) is 0 Å². The monoisotopic (exact) mass is 268 g/mol. The first kappa shape index (κ1) is 16.1. The molecule has 108 valence electrons. The van der Waals surface area contributed by atoms with E-state index in [2.05, 4.69) is 0 Å². The fourth-order valence-electron chi connectivity index (χ4n) is 2.16. The molecule has 0 aliphatic heterocycles. The minimum Gasteiger partial charge on any atom is -0.395 e. The van der Waals surface area contributed by atoms with Gasteiger partial charge in [0.15, 0.2) is 0 Å². The van der Waals surface area contributed by atoms with Crippen molar-refractivity contribution in [1.29, 1.82) is 0 Å². The van der Waals surface area contributed by atoms with Crippen molar-refractivity contribution in [2.75, 3.05) is 19.8 Å². The van der Waals surface area contributed by atoms with Crippen LogP contribution in [0.5, 0.6) is 0 Å². The number of aliphatic hydroxyl groups excluding tert-OH is 4. The minimum absolute atomic E-state index is 0.177. The second kappa shape index (κ2) is 6.01. The molecule has 1 aromatic rings. The Morgan fingerprint density at radius 3 is 1.84 bits per heavy atom. The summed E-state index contributed by atoms with van der Waals surface area (Å²) in [5, 5.41) is 38.8. The summed E-state index contributed by atoms with van der Waals surface area (Å²) in [6, 6.07) is 7.36. The first-order valence-corrected chi connectivity index (χ1v) is 6.42. The second-order valence-electron chi connectivity index (χ2n) is 6.08. The highest BCUT2D eigenvalue weighted by Gasteiger charge is 2.39. The summed E-state index contributed by atoms with van der Waals surface area (Å²) in [7, 11) is 0. The molecule has 4 nitrogen and oxygen atoms in total. The number of rotatable bonds is 5. The summed E-state index contributed by atoms with van der Waals surface area (Å²) in [6.45, 7) is 4.62. The van der Waals surface area contributed by atoms with Gasteiger partial charge in [0.25, 0.3) is 0 Å².